The van der Waals surface area contributed by atoms with Crippen molar-refractivity contribution in [3.63, 3.8) is 0 Å². The Morgan fingerprint density at radius 3 is 2.71 bits per heavy atom. The molecular formula is C18H23F2NO3. The van der Waals surface area contributed by atoms with Crippen LogP contribution >= 0.6 is 0 Å². The summed E-state index contributed by atoms with van der Waals surface area (Å²) >= 11 is 0. The molecule has 132 valence electrons. The number of amides is 1. The number of carboxylic acid groups (broad SMARTS) is 1. The molecular weight excluding hydrogens is 316 g/mol. The van der Waals surface area contributed by atoms with E-state index in [9.17, 15) is 18.4 Å². The van der Waals surface area contributed by atoms with Crippen molar-refractivity contribution in [2.24, 2.45) is 5.92 Å². The summed E-state index contributed by atoms with van der Waals surface area (Å²) in [7, 11) is 0. The molecule has 1 atom stereocenters. The van der Waals surface area contributed by atoms with E-state index in [4.69, 9.17) is 5.11 Å². The van der Waals surface area contributed by atoms with E-state index in [0.29, 0.717) is 44.3 Å². The second-order valence-electron chi connectivity index (χ2n) is 6.38. The Labute approximate surface area is 140 Å². The lowest BCUT2D eigenvalue weighted by Gasteiger charge is -2.32. The maximum absolute atomic E-state index is 13.1. The minimum Gasteiger partial charge on any atom is -0.481 e. The topological polar surface area (TPSA) is 57.6 Å². The van der Waals surface area contributed by atoms with Crippen LogP contribution in [-0.2, 0) is 16.0 Å². The van der Waals surface area contributed by atoms with Crippen LogP contribution in [-0.4, -0.2) is 35.0 Å². The molecule has 0 aromatic heterocycles. The maximum Gasteiger partial charge on any atom is 0.303 e. The first-order chi connectivity index (χ1) is 11.5. The molecule has 1 aliphatic heterocycles. The van der Waals surface area contributed by atoms with E-state index >= 15 is 0 Å². The number of carbonyl (C=O) groups is 2. The van der Waals surface area contributed by atoms with Gasteiger partial charge in [-0.25, -0.2) is 8.78 Å². The monoisotopic (exact) mass is 339 g/mol. The van der Waals surface area contributed by atoms with E-state index in [1.807, 2.05) is 0 Å². The number of aryl methyl sites for hydroxylation is 1. The van der Waals surface area contributed by atoms with E-state index in [0.717, 1.165) is 18.9 Å². The van der Waals surface area contributed by atoms with Crippen LogP contribution in [0.1, 0.15) is 44.1 Å². The van der Waals surface area contributed by atoms with E-state index in [1.54, 1.807) is 4.90 Å². The number of rotatable bonds is 7. The first-order valence-electron chi connectivity index (χ1n) is 8.39. The third-order valence-corrected chi connectivity index (χ3v) is 4.48. The summed E-state index contributed by atoms with van der Waals surface area (Å²) in [5.74, 6) is -2.22. The highest BCUT2D eigenvalue weighted by molar-refractivity contribution is 5.76. The summed E-state index contributed by atoms with van der Waals surface area (Å²) in [5, 5.41) is 8.75. The molecule has 6 heteroatoms. The molecule has 4 nitrogen and oxygen atoms in total. The fraction of sp³-hybridized carbons (Fsp3) is 0.556. The first-order valence-corrected chi connectivity index (χ1v) is 8.39. The van der Waals surface area contributed by atoms with Crippen LogP contribution in [0, 0.1) is 17.6 Å². The molecule has 1 aromatic rings. The first kappa shape index (κ1) is 18.4. The Morgan fingerprint density at radius 1 is 1.21 bits per heavy atom. The molecule has 0 unspecified atom stereocenters. The maximum atomic E-state index is 13.1. The lowest BCUT2D eigenvalue weighted by atomic mass is 9.93. The number of piperidine rings is 1. The van der Waals surface area contributed by atoms with Crippen molar-refractivity contribution in [3.05, 3.63) is 35.4 Å². The van der Waals surface area contributed by atoms with Crippen LogP contribution in [0.3, 0.4) is 0 Å². The molecule has 0 saturated carbocycles. The van der Waals surface area contributed by atoms with Crippen molar-refractivity contribution >= 4 is 11.9 Å². The number of hydrogen-bond donors (Lipinski definition) is 1. The van der Waals surface area contributed by atoms with Gasteiger partial charge in [0.25, 0.3) is 0 Å². The Balaban J connectivity index is 1.75. The fourth-order valence-electron chi connectivity index (χ4n) is 3.15. The summed E-state index contributed by atoms with van der Waals surface area (Å²) in [6.07, 6.45) is 4.09. The number of aliphatic carboxylic acids is 1. The van der Waals surface area contributed by atoms with Crippen molar-refractivity contribution in [3.8, 4) is 0 Å². The number of carboxylic acids is 1. The van der Waals surface area contributed by atoms with Gasteiger partial charge in [0.15, 0.2) is 11.6 Å². The van der Waals surface area contributed by atoms with Crippen LogP contribution in [0.25, 0.3) is 0 Å². The Morgan fingerprint density at radius 2 is 2.00 bits per heavy atom. The van der Waals surface area contributed by atoms with Crippen LogP contribution in [0.4, 0.5) is 8.78 Å². The molecule has 0 aliphatic carbocycles. The zero-order valence-corrected chi connectivity index (χ0v) is 13.6. The average molecular weight is 339 g/mol. The van der Waals surface area contributed by atoms with Crippen molar-refractivity contribution < 1.29 is 23.5 Å². The zero-order chi connectivity index (χ0) is 17.5. The Kier molecular flexibility index (Phi) is 6.70. The van der Waals surface area contributed by atoms with E-state index in [2.05, 4.69) is 0 Å². The predicted molar refractivity (Wildman–Crippen MR) is 85.5 cm³/mol. The highest BCUT2D eigenvalue weighted by Crippen LogP contribution is 2.22. The fourth-order valence-corrected chi connectivity index (χ4v) is 3.15. The van der Waals surface area contributed by atoms with Crippen LogP contribution in [0.15, 0.2) is 18.2 Å². The highest BCUT2D eigenvalue weighted by atomic mass is 19.2. The van der Waals surface area contributed by atoms with Crippen molar-refractivity contribution in [2.75, 3.05) is 13.1 Å². The minimum atomic E-state index is -0.865. The van der Waals surface area contributed by atoms with Crippen LogP contribution in [0.2, 0.25) is 0 Å². The van der Waals surface area contributed by atoms with Gasteiger partial charge in [0.2, 0.25) is 5.91 Å². The number of likely N-dealkylation sites (tertiary alicyclic amines) is 1. The van der Waals surface area contributed by atoms with Gasteiger partial charge in [-0.15, -0.1) is 0 Å². The quantitative estimate of drug-likeness (QED) is 0.828. The summed E-state index contributed by atoms with van der Waals surface area (Å²) in [4.78, 5) is 24.7. The number of benzene rings is 1. The Hall–Kier alpha value is -1.98. The van der Waals surface area contributed by atoms with E-state index in [1.165, 1.54) is 12.1 Å². The van der Waals surface area contributed by atoms with Gasteiger partial charge in [0.05, 0.1) is 0 Å². The SMILES string of the molecule is O=C(O)CC[C@H]1CCCN(C(=O)CCCc2ccc(F)c(F)c2)C1. The molecule has 1 fully saturated rings. The predicted octanol–water partition coefficient (Wildman–Crippen LogP) is 3.39. The van der Waals surface area contributed by atoms with E-state index < -0.39 is 17.6 Å². The molecule has 0 spiro atoms. The minimum absolute atomic E-state index is 0.0533. The van der Waals surface area contributed by atoms with Gasteiger partial charge in [-0.2, -0.15) is 0 Å². The summed E-state index contributed by atoms with van der Waals surface area (Å²) in [5.41, 5.74) is 0.680. The van der Waals surface area contributed by atoms with Gasteiger partial charge in [-0.3, -0.25) is 9.59 Å². The molecule has 1 amide bonds. The molecule has 1 saturated heterocycles. The number of halogens is 2. The van der Waals surface area contributed by atoms with Gasteiger partial charge in [-0.05, 0) is 55.7 Å². The van der Waals surface area contributed by atoms with Gasteiger partial charge in [0.1, 0.15) is 0 Å². The lowest BCUT2D eigenvalue weighted by molar-refractivity contribution is -0.137. The van der Waals surface area contributed by atoms with E-state index in [-0.39, 0.29) is 18.2 Å². The van der Waals surface area contributed by atoms with Crippen molar-refractivity contribution in [1.82, 2.24) is 4.90 Å². The van der Waals surface area contributed by atoms with Gasteiger partial charge < -0.3 is 10.0 Å². The molecule has 1 aliphatic rings. The lowest BCUT2D eigenvalue weighted by Crippen LogP contribution is -2.40. The van der Waals surface area contributed by atoms with Crippen molar-refractivity contribution in [2.45, 2.75) is 44.9 Å². The zero-order valence-electron chi connectivity index (χ0n) is 13.6. The average Bonchev–Trinajstić information content (AvgIpc) is 2.56. The smallest absolute Gasteiger partial charge is 0.303 e. The van der Waals surface area contributed by atoms with Crippen LogP contribution < -0.4 is 0 Å². The van der Waals surface area contributed by atoms with Gasteiger partial charge in [-0.1, -0.05) is 6.07 Å². The summed E-state index contributed by atoms with van der Waals surface area (Å²) in [6, 6.07) is 3.80. The molecule has 1 N–H and O–H groups in total. The molecule has 1 heterocycles. The van der Waals surface area contributed by atoms with Gasteiger partial charge >= 0.3 is 5.97 Å². The van der Waals surface area contributed by atoms with Crippen molar-refractivity contribution in [1.29, 1.82) is 0 Å². The molecule has 0 radical (unpaired) electrons. The van der Waals surface area contributed by atoms with Gasteiger partial charge in [0, 0.05) is 25.9 Å². The molecule has 24 heavy (non-hydrogen) atoms. The standard InChI is InChI=1S/C18H23F2NO3/c19-15-8-6-13(11-16(15)20)3-1-5-17(22)21-10-2-4-14(12-21)7-9-18(23)24/h6,8,11,14H,1-5,7,9-10,12H2,(H,23,24)/t14-/m1/s1. The number of hydrogen-bond acceptors (Lipinski definition) is 2. The second kappa shape index (κ2) is 8.76. The normalized spacial score (nSPS) is 17.8. The molecule has 0 bridgehead atoms. The molecule has 2 rings (SSSR count). The summed E-state index contributed by atoms with van der Waals surface area (Å²) < 4.78 is 26.0. The highest BCUT2D eigenvalue weighted by Gasteiger charge is 2.23. The Bertz CT molecular complexity index is 592. The second-order valence-corrected chi connectivity index (χ2v) is 6.38. The third kappa shape index (κ3) is 5.58. The molecule has 1 aromatic carbocycles. The summed E-state index contributed by atoms with van der Waals surface area (Å²) in [6.45, 7) is 1.34. The van der Waals surface area contributed by atoms with Crippen LogP contribution in [0.5, 0.6) is 0 Å². The number of nitrogens with zero attached hydrogens (tertiary/aromatic N) is 1. The largest absolute Gasteiger partial charge is 0.481 e. The number of carbonyl (C=O) groups excluding carboxylic acids is 1. The third-order valence-electron chi connectivity index (χ3n) is 4.48.